The van der Waals surface area contributed by atoms with Crippen molar-refractivity contribution in [1.29, 1.82) is 0 Å². The van der Waals surface area contributed by atoms with E-state index >= 15 is 0 Å². The van der Waals surface area contributed by atoms with Crippen LogP contribution in [0.3, 0.4) is 0 Å². The second-order valence-corrected chi connectivity index (χ2v) is 3.54. The Kier molecular flexibility index (Phi) is 3.70. The molecule has 0 bridgehead atoms. The minimum absolute atomic E-state index is 0.286. The molecular formula is C10H13ClFN. The van der Waals surface area contributed by atoms with E-state index in [-0.39, 0.29) is 5.82 Å². The highest BCUT2D eigenvalue weighted by Crippen LogP contribution is 2.18. The molecule has 0 spiro atoms. The number of halogens is 2. The monoisotopic (exact) mass is 201 g/mol. The van der Waals surface area contributed by atoms with Crippen molar-refractivity contribution in [3.63, 3.8) is 0 Å². The van der Waals surface area contributed by atoms with Crippen LogP contribution in [0.15, 0.2) is 18.2 Å². The predicted molar refractivity (Wildman–Crippen MR) is 53.6 cm³/mol. The molecule has 13 heavy (non-hydrogen) atoms. The fraction of sp³-hybridized carbons (Fsp3) is 0.400. The Bertz CT molecular complexity index is 288. The topological polar surface area (TPSA) is 12.0 Å². The third kappa shape index (κ3) is 2.98. The summed E-state index contributed by atoms with van der Waals surface area (Å²) in [7, 11) is 1.89. The van der Waals surface area contributed by atoms with Crippen molar-refractivity contribution >= 4 is 11.6 Å². The summed E-state index contributed by atoms with van der Waals surface area (Å²) in [5.41, 5.74) is 0.977. The second kappa shape index (κ2) is 4.58. The first-order valence-corrected chi connectivity index (χ1v) is 4.62. The Labute approximate surface area is 82.9 Å². The summed E-state index contributed by atoms with van der Waals surface area (Å²) in [5.74, 6) is -0.286. The fourth-order valence-electron chi connectivity index (χ4n) is 1.12. The van der Waals surface area contributed by atoms with Crippen LogP contribution in [0.2, 0.25) is 5.02 Å². The maximum atomic E-state index is 12.7. The Morgan fingerprint density at radius 2 is 2.23 bits per heavy atom. The smallest absolute Gasteiger partial charge is 0.124 e. The molecule has 0 aliphatic rings. The predicted octanol–water partition coefficient (Wildman–Crippen LogP) is 2.63. The first kappa shape index (κ1) is 10.5. The molecule has 1 nitrogen and oxygen atoms in total. The van der Waals surface area contributed by atoms with Crippen molar-refractivity contribution in [3.05, 3.63) is 34.6 Å². The maximum absolute atomic E-state index is 12.7. The molecule has 0 saturated heterocycles. The van der Waals surface area contributed by atoms with Crippen molar-refractivity contribution in [2.24, 2.45) is 0 Å². The standard InChI is InChI=1S/C10H13ClFN/c1-7(13-2)5-8-3-4-9(12)6-10(8)11/h3-4,6-7,13H,5H2,1-2H3. The molecule has 1 aromatic rings. The summed E-state index contributed by atoms with van der Waals surface area (Å²) >= 11 is 5.86. The van der Waals surface area contributed by atoms with Crippen molar-refractivity contribution < 1.29 is 4.39 Å². The van der Waals surface area contributed by atoms with Gasteiger partial charge in [0.25, 0.3) is 0 Å². The zero-order chi connectivity index (χ0) is 9.84. The van der Waals surface area contributed by atoms with E-state index in [1.807, 2.05) is 7.05 Å². The van der Waals surface area contributed by atoms with Crippen LogP contribution in [0.1, 0.15) is 12.5 Å². The fourth-order valence-corrected chi connectivity index (χ4v) is 1.36. The number of hydrogen-bond donors (Lipinski definition) is 1. The van der Waals surface area contributed by atoms with E-state index in [2.05, 4.69) is 12.2 Å². The number of benzene rings is 1. The summed E-state index contributed by atoms with van der Waals surface area (Å²) in [6.07, 6.45) is 0.815. The SMILES string of the molecule is CNC(C)Cc1ccc(F)cc1Cl. The van der Waals surface area contributed by atoms with E-state index in [1.165, 1.54) is 12.1 Å². The molecular weight excluding hydrogens is 189 g/mol. The Balaban J connectivity index is 2.77. The molecule has 0 aliphatic heterocycles. The third-order valence-corrected chi connectivity index (χ3v) is 2.39. The quantitative estimate of drug-likeness (QED) is 0.793. The molecule has 0 heterocycles. The van der Waals surface area contributed by atoms with Gasteiger partial charge in [-0.05, 0) is 38.1 Å². The van der Waals surface area contributed by atoms with Crippen LogP contribution in [0.4, 0.5) is 4.39 Å². The third-order valence-electron chi connectivity index (χ3n) is 2.03. The zero-order valence-electron chi connectivity index (χ0n) is 7.77. The van der Waals surface area contributed by atoms with Crippen molar-refractivity contribution in [3.8, 4) is 0 Å². The van der Waals surface area contributed by atoms with Gasteiger partial charge in [-0.25, -0.2) is 4.39 Å². The van der Waals surface area contributed by atoms with Crippen LogP contribution < -0.4 is 5.32 Å². The molecule has 1 N–H and O–H groups in total. The van der Waals surface area contributed by atoms with Crippen LogP contribution in [-0.4, -0.2) is 13.1 Å². The first-order valence-electron chi connectivity index (χ1n) is 4.24. The van der Waals surface area contributed by atoms with Crippen LogP contribution in [-0.2, 0) is 6.42 Å². The van der Waals surface area contributed by atoms with Crippen molar-refractivity contribution in [2.75, 3.05) is 7.05 Å². The molecule has 1 atom stereocenters. The lowest BCUT2D eigenvalue weighted by molar-refractivity contribution is 0.603. The highest BCUT2D eigenvalue weighted by Gasteiger charge is 2.05. The van der Waals surface area contributed by atoms with Gasteiger partial charge in [-0.1, -0.05) is 17.7 Å². The van der Waals surface area contributed by atoms with Gasteiger partial charge in [0.15, 0.2) is 0 Å². The summed E-state index contributed by atoms with van der Waals surface area (Å²) in [6.45, 7) is 2.06. The molecule has 1 rings (SSSR count). The molecule has 1 unspecified atom stereocenters. The Hall–Kier alpha value is -0.600. The molecule has 3 heteroatoms. The van der Waals surface area contributed by atoms with Crippen molar-refractivity contribution in [2.45, 2.75) is 19.4 Å². The van der Waals surface area contributed by atoms with E-state index in [1.54, 1.807) is 6.07 Å². The zero-order valence-corrected chi connectivity index (χ0v) is 8.53. The van der Waals surface area contributed by atoms with Gasteiger partial charge in [-0.15, -0.1) is 0 Å². The lowest BCUT2D eigenvalue weighted by Crippen LogP contribution is -2.23. The van der Waals surface area contributed by atoms with Gasteiger partial charge in [-0.2, -0.15) is 0 Å². The maximum Gasteiger partial charge on any atom is 0.124 e. The second-order valence-electron chi connectivity index (χ2n) is 3.13. The van der Waals surface area contributed by atoms with Gasteiger partial charge in [0.1, 0.15) is 5.82 Å². The average Bonchev–Trinajstić information content (AvgIpc) is 2.09. The van der Waals surface area contributed by atoms with E-state index in [9.17, 15) is 4.39 Å². The highest BCUT2D eigenvalue weighted by molar-refractivity contribution is 6.31. The van der Waals surface area contributed by atoms with Gasteiger partial charge in [0.2, 0.25) is 0 Å². The molecule has 0 radical (unpaired) electrons. The Morgan fingerprint density at radius 3 is 2.77 bits per heavy atom. The molecule has 0 amide bonds. The molecule has 1 aromatic carbocycles. The largest absolute Gasteiger partial charge is 0.317 e. The lowest BCUT2D eigenvalue weighted by atomic mass is 10.1. The van der Waals surface area contributed by atoms with Crippen molar-refractivity contribution in [1.82, 2.24) is 5.32 Å². The summed E-state index contributed by atoms with van der Waals surface area (Å²) in [6, 6.07) is 4.86. The molecule has 0 saturated carbocycles. The highest BCUT2D eigenvalue weighted by atomic mass is 35.5. The number of nitrogens with one attached hydrogen (secondary N) is 1. The van der Waals surface area contributed by atoms with Crippen LogP contribution in [0, 0.1) is 5.82 Å². The number of hydrogen-bond acceptors (Lipinski definition) is 1. The minimum Gasteiger partial charge on any atom is -0.317 e. The first-order chi connectivity index (χ1) is 6.13. The average molecular weight is 202 g/mol. The Morgan fingerprint density at radius 1 is 1.54 bits per heavy atom. The summed E-state index contributed by atoms with van der Waals surface area (Å²) < 4.78 is 12.7. The summed E-state index contributed by atoms with van der Waals surface area (Å²) in [5, 5.41) is 3.60. The normalized spacial score (nSPS) is 12.9. The van der Waals surface area contributed by atoms with Gasteiger partial charge in [0, 0.05) is 11.1 Å². The van der Waals surface area contributed by atoms with Crippen LogP contribution in [0.5, 0.6) is 0 Å². The lowest BCUT2D eigenvalue weighted by Gasteiger charge is -2.10. The van der Waals surface area contributed by atoms with E-state index < -0.39 is 0 Å². The van der Waals surface area contributed by atoms with Crippen LogP contribution >= 0.6 is 11.6 Å². The van der Waals surface area contributed by atoms with Gasteiger partial charge in [-0.3, -0.25) is 0 Å². The summed E-state index contributed by atoms with van der Waals surface area (Å²) in [4.78, 5) is 0. The number of likely N-dealkylation sites (N-methyl/N-ethyl adjacent to an activating group) is 1. The van der Waals surface area contributed by atoms with Gasteiger partial charge < -0.3 is 5.32 Å². The van der Waals surface area contributed by atoms with E-state index in [4.69, 9.17) is 11.6 Å². The minimum atomic E-state index is -0.286. The molecule has 0 aromatic heterocycles. The van der Waals surface area contributed by atoms with E-state index in [0.29, 0.717) is 11.1 Å². The van der Waals surface area contributed by atoms with Crippen LogP contribution in [0.25, 0.3) is 0 Å². The van der Waals surface area contributed by atoms with Gasteiger partial charge >= 0.3 is 0 Å². The molecule has 72 valence electrons. The number of rotatable bonds is 3. The molecule has 0 fully saturated rings. The van der Waals surface area contributed by atoms with Gasteiger partial charge in [0.05, 0.1) is 0 Å². The molecule has 0 aliphatic carbocycles. The van der Waals surface area contributed by atoms with E-state index in [0.717, 1.165) is 12.0 Å².